The molecule has 0 radical (unpaired) electrons. The molecule has 0 aliphatic heterocycles. The Hall–Kier alpha value is -3.01. The molecule has 3 rings (SSSR count). The molecular weight excluding hydrogens is 398 g/mol. The summed E-state index contributed by atoms with van der Waals surface area (Å²) in [5, 5.41) is 14.8. The zero-order valence-electron chi connectivity index (χ0n) is 16.3. The van der Waals surface area contributed by atoms with Crippen molar-refractivity contribution in [2.45, 2.75) is 40.5 Å². The van der Waals surface area contributed by atoms with Crippen molar-refractivity contribution >= 4 is 28.7 Å². The zero-order valence-corrected chi connectivity index (χ0v) is 17.1. The van der Waals surface area contributed by atoms with E-state index in [1.54, 1.807) is 23.0 Å². The Labute approximate surface area is 172 Å². The number of thiocarbonyl (C=S) groups is 1. The summed E-state index contributed by atoms with van der Waals surface area (Å²) in [5.41, 5.74) is 4.09. The second-order valence-corrected chi connectivity index (χ2v) is 6.86. The van der Waals surface area contributed by atoms with E-state index in [4.69, 9.17) is 12.2 Å². The molecule has 1 aromatic carbocycles. The fraction of sp³-hybridized carbons (Fsp3) is 0.316. The highest BCUT2D eigenvalue weighted by Crippen LogP contribution is 2.27. The van der Waals surface area contributed by atoms with Gasteiger partial charge in [-0.15, -0.1) is 0 Å². The van der Waals surface area contributed by atoms with Gasteiger partial charge in [-0.1, -0.05) is 6.07 Å². The Morgan fingerprint density at radius 2 is 2.00 bits per heavy atom. The topological polar surface area (TPSA) is 68.9 Å². The van der Waals surface area contributed by atoms with Gasteiger partial charge in [0.15, 0.2) is 5.11 Å². The number of alkyl halides is 2. The van der Waals surface area contributed by atoms with Crippen LogP contribution in [0.2, 0.25) is 0 Å². The Balaban J connectivity index is 1.65. The maximum Gasteiger partial charge on any atom is 0.387 e. The summed E-state index contributed by atoms with van der Waals surface area (Å²) in [6, 6.07) is 4.85. The van der Waals surface area contributed by atoms with Gasteiger partial charge in [-0.3, -0.25) is 9.36 Å². The number of hydrogen-bond donors (Lipinski definition) is 2. The quantitative estimate of drug-likeness (QED) is 0.559. The lowest BCUT2D eigenvalue weighted by Gasteiger charge is -2.14. The van der Waals surface area contributed by atoms with E-state index in [1.807, 2.05) is 37.8 Å². The van der Waals surface area contributed by atoms with Crippen LogP contribution in [0.4, 0.5) is 20.2 Å². The normalized spacial score (nSPS) is 11.0. The van der Waals surface area contributed by atoms with Crippen LogP contribution in [0.5, 0.6) is 5.75 Å². The first-order valence-electron chi connectivity index (χ1n) is 9.03. The van der Waals surface area contributed by atoms with Gasteiger partial charge in [0, 0.05) is 24.0 Å². The van der Waals surface area contributed by atoms with Crippen molar-refractivity contribution in [2.24, 2.45) is 0 Å². The number of aromatic nitrogens is 4. The number of hydrogen-bond acceptors (Lipinski definition) is 4. The summed E-state index contributed by atoms with van der Waals surface area (Å²) in [6.07, 6.45) is 5.28. The third kappa shape index (κ3) is 5.29. The Bertz CT molecular complexity index is 1000. The van der Waals surface area contributed by atoms with Crippen LogP contribution in [0.1, 0.15) is 23.7 Å². The van der Waals surface area contributed by atoms with Crippen molar-refractivity contribution in [3.8, 4) is 5.75 Å². The standard InChI is InChI=1S/C19H22F2N6OS/c1-4-27-13(3)14(8-23-27)10-26-11-15(9-22-26)24-19(29)25-16-7-12(2)5-6-17(16)28-18(20)21/h5-9,11,18H,4,10H2,1-3H3,(H2,24,25,29). The van der Waals surface area contributed by atoms with Crippen molar-refractivity contribution in [2.75, 3.05) is 10.6 Å². The molecule has 10 heteroatoms. The highest BCUT2D eigenvalue weighted by molar-refractivity contribution is 7.80. The molecule has 7 nitrogen and oxygen atoms in total. The van der Waals surface area contributed by atoms with Crippen LogP contribution in [-0.4, -0.2) is 31.3 Å². The van der Waals surface area contributed by atoms with E-state index in [-0.39, 0.29) is 10.9 Å². The van der Waals surface area contributed by atoms with Gasteiger partial charge < -0.3 is 15.4 Å². The first-order chi connectivity index (χ1) is 13.9. The van der Waals surface area contributed by atoms with Crippen LogP contribution in [0, 0.1) is 13.8 Å². The molecule has 3 aromatic rings. The van der Waals surface area contributed by atoms with Crippen molar-refractivity contribution in [3.05, 3.63) is 53.6 Å². The predicted octanol–water partition coefficient (Wildman–Crippen LogP) is 4.17. The molecule has 0 unspecified atom stereocenters. The summed E-state index contributed by atoms with van der Waals surface area (Å²) in [4.78, 5) is 0. The minimum absolute atomic E-state index is 0.0221. The van der Waals surface area contributed by atoms with Crippen molar-refractivity contribution in [3.63, 3.8) is 0 Å². The number of halogens is 2. The number of benzene rings is 1. The number of nitrogens with one attached hydrogen (secondary N) is 2. The lowest BCUT2D eigenvalue weighted by molar-refractivity contribution is -0.0493. The van der Waals surface area contributed by atoms with Crippen LogP contribution in [0.3, 0.4) is 0 Å². The summed E-state index contributed by atoms with van der Waals surface area (Å²) in [5.74, 6) is 0.0221. The first kappa shape index (κ1) is 20.7. The van der Waals surface area contributed by atoms with E-state index < -0.39 is 6.61 Å². The highest BCUT2D eigenvalue weighted by atomic mass is 32.1. The highest BCUT2D eigenvalue weighted by Gasteiger charge is 2.12. The van der Waals surface area contributed by atoms with E-state index in [1.165, 1.54) is 6.07 Å². The number of ether oxygens (including phenoxy) is 1. The molecule has 0 spiro atoms. The predicted molar refractivity (Wildman–Crippen MR) is 112 cm³/mol. The molecule has 154 valence electrons. The lowest BCUT2D eigenvalue weighted by Crippen LogP contribution is -2.19. The molecule has 2 aromatic heterocycles. The Morgan fingerprint density at radius 1 is 1.21 bits per heavy atom. The summed E-state index contributed by atoms with van der Waals surface area (Å²) in [6.45, 7) is 4.39. The van der Waals surface area contributed by atoms with Crippen LogP contribution >= 0.6 is 12.2 Å². The largest absolute Gasteiger partial charge is 0.433 e. The van der Waals surface area contributed by atoms with Crippen LogP contribution in [0.15, 0.2) is 36.8 Å². The molecule has 0 bridgehead atoms. The van der Waals surface area contributed by atoms with Crippen molar-refractivity contribution in [1.29, 1.82) is 0 Å². The summed E-state index contributed by atoms with van der Waals surface area (Å²) < 4.78 is 33.4. The average Bonchev–Trinajstić information content (AvgIpc) is 3.24. The Kier molecular flexibility index (Phi) is 6.42. The third-order valence-electron chi connectivity index (χ3n) is 4.33. The SMILES string of the molecule is CCn1ncc(Cn2cc(NC(=S)Nc3cc(C)ccc3OC(F)F)cn2)c1C. The summed E-state index contributed by atoms with van der Waals surface area (Å²) >= 11 is 5.30. The molecule has 0 aliphatic rings. The fourth-order valence-corrected chi connectivity index (χ4v) is 3.10. The van der Waals surface area contributed by atoms with Gasteiger partial charge in [-0.25, -0.2) is 0 Å². The molecule has 0 saturated heterocycles. The van der Waals surface area contributed by atoms with Crippen LogP contribution < -0.4 is 15.4 Å². The number of rotatable bonds is 7. The number of nitrogens with zero attached hydrogens (tertiary/aromatic N) is 4. The van der Waals surface area contributed by atoms with Crippen molar-refractivity contribution < 1.29 is 13.5 Å². The van der Waals surface area contributed by atoms with E-state index in [0.717, 1.165) is 23.4 Å². The smallest absolute Gasteiger partial charge is 0.387 e. The molecular formula is C19H22F2N6OS. The van der Waals surface area contributed by atoms with Gasteiger partial charge >= 0.3 is 6.61 Å². The molecule has 0 amide bonds. The van der Waals surface area contributed by atoms with Crippen molar-refractivity contribution in [1.82, 2.24) is 19.6 Å². The first-order valence-corrected chi connectivity index (χ1v) is 9.43. The second kappa shape index (κ2) is 8.99. The molecule has 29 heavy (non-hydrogen) atoms. The minimum atomic E-state index is -2.92. The second-order valence-electron chi connectivity index (χ2n) is 6.45. The monoisotopic (exact) mass is 420 g/mol. The Morgan fingerprint density at radius 3 is 2.69 bits per heavy atom. The third-order valence-corrected chi connectivity index (χ3v) is 4.53. The molecule has 2 heterocycles. The maximum atomic E-state index is 12.6. The van der Waals surface area contributed by atoms with Gasteiger partial charge in [0.1, 0.15) is 5.75 Å². The van der Waals surface area contributed by atoms with E-state index in [0.29, 0.717) is 17.9 Å². The minimum Gasteiger partial charge on any atom is -0.433 e. The van der Waals surface area contributed by atoms with E-state index >= 15 is 0 Å². The molecule has 0 fully saturated rings. The van der Waals surface area contributed by atoms with E-state index in [9.17, 15) is 8.78 Å². The van der Waals surface area contributed by atoms with Crippen LogP contribution in [0.25, 0.3) is 0 Å². The molecule has 0 atom stereocenters. The van der Waals surface area contributed by atoms with Gasteiger partial charge in [-0.05, 0) is 50.7 Å². The number of anilines is 2. The average molecular weight is 420 g/mol. The number of aryl methyl sites for hydroxylation is 2. The van der Waals surface area contributed by atoms with Gasteiger partial charge in [-0.2, -0.15) is 19.0 Å². The molecule has 0 saturated carbocycles. The fourth-order valence-electron chi connectivity index (χ4n) is 2.87. The van der Waals surface area contributed by atoms with Gasteiger partial charge in [0.05, 0.1) is 30.3 Å². The lowest BCUT2D eigenvalue weighted by atomic mass is 10.2. The van der Waals surface area contributed by atoms with Gasteiger partial charge in [0.2, 0.25) is 0 Å². The zero-order chi connectivity index (χ0) is 21.0. The van der Waals surface area contributed by atoms with E-state index in [2.05, 4.69) is 25.6 Å². The summed E-state index contributed by atoms with van der Waals surface area (Å²) in [7, 11) is 0. The molecule has 2 N–H and O–H groups in total. The van der Waals surface area contributed by atoms with Gasteiger partial charge in [0.25, 0.3) is 0 Å². The maximum absolute atomic E-state index is 12.6. The van der Waals surface area contributed by atoms with Crippen LogP contribution in [-0.2, 0) is 13.1 Å². The molecule has 0 aliphatic carbocycles.